The number of benzene rings is 1. The van der Waals surface area contributed by atoms with Gasteiger partial charge >= 0.3 is 11.7 Å². The zero-order valence-corrected chi connectivity index (χ0v) is 16.7. The molecule has 0 saturated carbocycles. The molecule has 9 heteroatoms. The van der Waals surface area contributed by atoms with E-state index in [-0.39, 0.29) is 31.0 Å². The van der Waals surface area contributed by atoms with Gasteiger partial charge in [-0.25, -0.2) is 4.79 Å². The van der Waals surface area contributed by atoms with Gasteiger partial charge in [-0.05, 0) is 30.0 Å². The highest BCUT2D eigenvalue weighted by molar-refractivity contribution is 7.10. The van der Waals surface area contributed by atoms with Crippen LogP contribution in [0.15, 0.2) is 51.4 Å². The van der Waals surface area contributed by atoms with E-state index in [1.165, 1.54) is 18.3 Å². The average molecular weight is 415 g/mol. The van der Waals surface area contributed by atoms with Gasteiger partial charge in [0.15, 0.2) is 0 Å². The van der Waals surface area contributed by atoms with Gasteiger partial charge in [-0.1, -0.05) is 18.2 Å². The lowest BCUT2D eigenvalue weighted by Crippen LogP contribution is -2.35. The third-order valence-corrected chi connectivity index (χ3v) is 5.30. The van der Waals surface area contributed by atoms with Crippen LogP contribution in [0.25, 0.3) is 10.9 Å². The van der Waals surface area contributed by atoms with Crippen LogP contribution in [-0.4, -0.2) is 28.0 Å². The number of aromatic nitrogens is 2. The van der Waals surface area contributed by atoms with Crippen LogP contribution in [0.2, 0.25) is 0 Å². The summed E-state index contributed by atoms with van der Waals surface area (Å²) < 4.78 is 6.33. The number of nitrogens with zero attached hydrogens (tertiary/aromatic N) is 1. The highest BCUT2D eigenvalue weighted by Gasteiger charge is 2.19. The van der Waals surface area contributed by atoms with Gasteiger partial charge in [0, 0.05) is 18.3 Å². The third-order valence-electron chi connectivity index (χ3n) is 4.31. The summed E-state index contributed by atoms with van der Waals surface area (Å²) in [5, 5.41) is 5.04. The maximum absolute atomic E-state index is 12.5. The summed E-state index contributed by atoms with van der Waals surface area (Å²) >= 11 is 1.45. The Morgan fingerprint density at radius 2 is 2.00 bits per heavy atom. The van der Waals surface area contributed by atoms with E-state index in [4.69, 9.17) is 4.74 Å². The predicted octanol–water partition coefficient (Wildman–Crippen LogP) is 1.95. The van der Waals surface area contributed by atoms with Crippen LogP contribution in [0.3, 0.4) is 0 Å². The molecule has 0 saturated heterocycles. The Bertz CT molecular complexity index is 1120. The van der Waals surface area contributed by atoms with Gasteiger partial charge in [0.25, 0.3) is 5.56 Å². The molecule has 0 fully saturated rings. The number of fused-ring (bicyclic) bond motifs is 1. The fraction of sp³-hybridized carbons (Fsp3) is 0.300. The van der Waals surface area contributed by atoms with E-state index in [2.05, 4.69) is 10.3 Å². The van der Waals surface area contributed by atoms with Crippen molar-refractivity contribution in [1.82, 2.24) is 14.9 Å². The smallest absolute Gasteiger partial charge is 0.328 e. The summed E-state index contributed by atoms with van der Waals surface area (Å²) in [5.74, 6) is -0.692. The number of thiophene rings is 1. The van der Waals surface area contributed by atoms with Crippen molar-refractivity contribution < 1.29 is 14.3 Å². The lowest BCUT2D eigenvalue weighted by Gasteiger charge is -2.15. The lowest BCUT2D eigenvalue weighted by atomic mass is 10.1. The summed E-state index contributed by atoms with van der Waals surface area (Å²) in [4.78, 5) is 51.6. The van der Waals surface area contributed by atoms with Crippen molar-refractivity contribution in [1.29, 1.82) is 0 Å². The molecule has 8 nitrogen and oxygen atoms in total. The first kappa shape index (κ1) is 20.5. The summed E-state index contributed by atoms with van der Waals surface area (Å²) in [7, 11) is 0. The van der Waals surface area contributed by atoms with Crippen molar-refractivity contribution in [2.24, 2.45) is 0 Å². The maximum Gasteiger partial charge on any atom is 0.328 e. The molecule has 0 bridgehead atoms. The maximum atomic E-state index is 12.5. The molecular weight excluding hydrogens is 394 g/mol. The fourth-order valence-corrected chi connectivity index (χ4v) is 3.77. The Balaban J connectivity index is 1.56. The summed E-state index contributed by atoms with van der Waals surface area (Å²) in [6.45, 7) is 1.59. The Kier molecular flexibility index (Phi) is 6.61. The van der Waals surface area contributed by atoms with Gasteiger partial charge in [0.1, 0.15) is 0 Å². The Hall–Kier alpha value is -3.20. The van der Waals surface area contributed by atoms with Crippen molar-refractivity contribution in [2.75, 3.05) is 6.61 Å². The van der Waals surface area contributed by atoms with Gasteiger partial charge in [0.05, 0.1) is 30.0 Å². The number of hydrogen-bond donors (Lipinski definition) is 2. The van der Waals surface area contributed by atoms with Crippen LogP contribution in [-0.2, 0) is 20.9 Å². The molecule has 0 aliphatic carbocycles. The standard InChI is InChI=1S/C20H21N3O5S/c1-13(24)21-16(17-8-4-11-29-17)12-18(25)28-10-5-9-23-19(26)14-6-2-3-7-15(14)22-20(23)27/h2-4,6-8,11,16H,5,9-10,12H2,1H3,(H,21,24)(H,22,27)/t16-/m1/s1. The van der Waals surface area contributed by atoms with E-state index in [9.17, 15) is 19.2 Å². The number of para-hydroxylation sites is 1. The number of rotatable bonds is 8. The van der Waals surface area contributed by atoms with E-state index in [1.807, 2.05) is 17.5 Å². The Morgan fingerprint density at radius 1 is 1.21 bits per heavy atom. The van der Waals surface area contributed by atoms with Crippen LogP contribution < -0.4 is 16.6 Å². The first-order valence-corrected chi connectivity index (χ1v) is 10.0. The number of esters is 1. The molecule has 0 spiro atoms. The number of nitrogens with one attached hydrogen (secondary N) is 2. The molecule has 0 aliphatic heterocycles. The number of hydrogen-bond acceptors (Lipinski definition) is 6. The summed E-state index contributed by atoms with van der Waals surface area (Å²) in [5.41, 5.74) is -0.384. The molecule has 3 rings (SSSR count). The largest absolute Gasteiger partial charge is 0.466 e. The van der Waals surface area contributed by atoms with Crippen LogP contribution in [0.5, 0.6) is 0 Å². The molecule has 0 radical (unpaired) electrons. The molecule has 29 heavy (non-hydrogen) atoms. The molecule has 152 valence electrons. The molecule has 3 aromatic rings. The molecule has 1 amide bonds. The van der Waals surface area contributed by atoms with Crippen molar-refractivity contribution in [3.05, 3.63) is 67.5 Å². The van der Waals surface area contributed by atoms with Crippen molar-refractivity contribution in [2.45, 2.75) is 32.4 Å². The molecule has 2 N–H and O–H groups in total. The number of carbonyl (C=O) groups is 2. The van der Waals surface area contributed by atoms with Gasteiger partial charge < -0.3 is 15.0 Å². The van der Waals surface area contributed by atoms with E-state index < -0.39 is 17.7 Å². The van der Waals surface area contributed by atoms with Crippen molar-refractivity contribution in [3.8, 4) is 0 Å². The second-order valence-corrected chi connectivity index (χ2v) is 7.46. The second kappa shape index (κ2) is 9.33. The highest BCUT2D eigenvalue weighted by Crippen LogP contribution is 2.22. The van der Waals surface area contributed by atoms with E-state index >= 15 is 0 Å². The second-order valence-electron chi connectivity index (χ2n) is 6.48. The van der Waals surface area contributed by atoms with Gasteiger partial charge in [0.2, 0.25) is 5.91 Å². The topological polar surface area (TPSA) is 110 Å². The van der Waals surface area contributed by atoms with Gasteiger partial charge in [-0.2, -0.15) is 0 Å². The monoisotopic (exact) mass is 415 g/mol. The zero-order chi connectivity index (χ0) is 20.8. The summed E-state index contributed by atoms with van der Waals surface area (Å²) in [6, 6.07) is 10.0. The first-order chi connectivity index (χ1) is 14.0. The number of aromatic amines is 1. The zero-order valence-electron chi connectivity index (χ0n) is 15.8. The Labute approximate surface area is 170 Å². The molecule has 2 heterocycles. The van der Waals surface area contributed by atoms with E-state index in [0.717, 1.165) is 9.44 Å². The minimum absolute atomic E-state index is 0.0105. The van der Waals surface area contributed by atoms with Gasteiger partial charge in [-0.15, -0.1) is 11.3 Å². The average Bonchev–Trinajstić information content (AvgIpc) is 3.21. The fourth-order valence-electron chi connectivity index (χ4n) is 2.99. The van der Waals surface area contributed by atoms with E-state index in [0.29, 0.717) is 17.3 Å². The minimum atomic E-state index is -0.497. The summed E-state index contributed by atoms with van der Waals surface area (Å²) in [6.07, 6.45) is 0.327. The highest BCUT2D eigenvalue weighted by atomic mass is 32.1. The van der Waals surface area contributed by atoms with Crippen LogP contribution in [0, 0.1) is 0 Å². The quantitative estimate of drug-likeness (QED) is 0.432. The lowest BCUT2D eigenvalue weighted by molar-refractivity contribution is -0.144. The van der Waals surface area contributed by atoms with Crippen LogP contribution >= 0.6 is 11.3 Å². The Morgan fingerprint density at radius 3 is 2.72 bits per heavy atom. The minimum Gasteiger partial charge on any atom is -0.466 e. The number of amides is 1. The van der Waals surface area contributed by atoms with E-state index in [1.54, 1.807) is 24.3 Å². The molecular formula is C20H21N3O5S. The molecule has 0 aliphatic rings. The van der Waals surface area contributed by atoms with Crippen LogP contribution in [0.4, 0.5) is 0 Å². The normalized spacial score (nSPS) is 11.9. The SMILES string of the molecule is CC(=O)N[C@H](CC(=O)OCCCn1c(=O)[nH]c2ccccc2c1=O)c1cccs1. The molecule has 1 aromatic carbocycles. The van der Waals surface area contributed by atoms with Crippen molar-refractivity contribution >= 4 is 34.1 Å². The molecule has 1 atom stereocenters. The third kappa shape index (κ3) is 5.20. The predicted molar refractivity (Wildman–Crippen MR) is 110 cm³/mol. The van der Waals surface area contributed by atoms with Crippen LogP contribution in [0.1, 0.15) is 30.7 Å². The molecule has 2 aromatic heterocycles. The number of carbonyl (C=O) groups excluding carboxylic acids is 2. The number of H-pyrrole nitrogens is 1. The first-order valence-electron chi connectivity index (χ1n) is 9.13. The van der Waals surface area contributed by atoms with Gasteiger partial charge in [-0.3, -0.25) is 19.0 Å². The van der Waals surface area contributed by atoms with Crippen molar-refractivity contribution in [3.63, 3.8) is 0 Å². The molecule has 0 unspecified atom stereocenters. The number of ether oxygens (including phenoxy) is 1.